The first-order chi connectivity index (χ1) is 14.8. The molecule has 1 saturated heterocycles. The summed E-state index contributed by atoms with van der Waals surface area (Å²) in [6.45, 7) is -0.649. The van der Waals surface area contributed by atoms with Crippen molar-refractivity contribution in [2.45, 2.75) is 30.7 Å². The third-order valence-corrected chi connectivity index (χ3v) is 5.02. The SMILES string of the molecule is O=c1cc(-c2ccc(O)cc2)oc2cc(O)cc(O[C@@H]3O[C@@H](CO)[C@H](O)[C@H](O)[C@H]3O)c12. The summed E-state index contributed by atoms with van der Waals surface area (Å²) in [5.74, 6) is -0.273. The molecule has 2 heterocycles. The highest BCUT2D eigenvalue weighted by molar-refractivity contribution is 5.86. The molecule has 3 aromatic rings. The van der Waals surface area contributed by atoms with Crippen LogP contribution in [0.4, 0.5) is 0 Å². The first kappa shape index (κ1) is 21.1. The fourth-order valence-electron chi connectivity index (χ4n) is 3.39. The van der Waals surface area contributed by atoms with Gasteiger partial charge in [-0.15, -0.1) is 0 Å². The van der Waals surface area contributed by atoms with E-state index in [4.69, 9.17) is 13.9 Å². The van der Waals surface area contributed by atoms with E-state index in [1.54, 1.807) is 12.1 Å². The summed E-state index contributed by atoms with van der Waals surface area (Å²) in [5.41, 5.74) is -0.0318. The number of hydrogen-bond donors (Lipinski definition) is 6. The van der Waals surface area contributed by atoms with E-state index in [2.05, 4.69) is 0 Å². The van der Waals surface area contributed by atoms with Gasteiger partial charge in [0.25, 0.3) is 0 Å². The number of hydrogen-bond acceptors (Lipinski definition) is 10. The highest BCUT2D eigenvalue weighted by Gasteiger charge is 2.45. The van der Waals surface area contributed by atoms with Crippen molar-refractivity contribution < 1.29 is 44.5 Å². The van der Waals surface area contributed by atoms with Gasteiger partial charge in [-0.3, -0.25) is 4.79 Å². The van der Waals surface area contributed by atoms with Crippen LogP contribution in [-0.2, 0) is 4.74 Å². The van der Waals surface area contributed by atoms with Crippen LogP contribution in [-0.4, -0.2) is 68.0 Å². The summed E-state index contributed by atoms with van der Waals surface area (Å²) >= 11 is 0. The average molecular weight is 432 g/mol. The molecule has 5 atom stereocenters. The van der Waals surface area contributed by atoms with Crippen LogP contribution in [0.5, 0.6) is 17.2 Å². The van der Waals surface area contributed by atoms with E-state index >= 15 is 0 Å². The van der Waals surface area contributed by atoms with E-state index in [1.165, 1.54) is 24.3 Å². The maximum absolute atomic E-state index is 12.8. The minimum atomic E-state index is -1.70. The van der Waals surface area contributed by atoms with Gasteiger partial charge < -0.3 is 44.5 Å². The summed E-state index contributed by atoms with van der Waals surface area (Å²) in [4.78, 5) is 12.8. The van der Waals surface area contributed by atoms with Gasteiger partial charge in [0.05, 0.1) is 6.61 Å². The molecule has 164 valence electrons. The Morgan fingerprint density at radius 2 is 1.61 bits per heavy atom. The predicted octanol–water partition coefficient (Wildman–Crippen LogP) is 0.0499. The zero-order valence-electron chi connectivity index (χ0n) is 16.0. The molecule has 1 aliphatic heterocycles. The molecular formula is C21H20O10. The number of benzene rings is 2. The van der Waals surface area contributed by atoms with Gasteiger partial charge in [-0.25, -0.2) is 0 Å². The topological polar surface area (TPSA) is 170 Å². The Kier molecular flexibility index (Phi) is 5.56. The molecule has 10 nitrogen and oxygen atoms in total. The molecule has 31 heavy (non-hydrogen) atoms. The number of rotatable bonds is 4. The van der Waals surface area contributed by atoms with Crippen LogP contribution in [0.25, 0.3) is 22.3 Å². The zero-order valence-corrected chi connectivity index (χ0v) is 16.0. The molecule has 6 N–H and O–H groups in total. The van der Waals surface area contributed by atoms with Gasteiger partial charge in [-0.05, 0) is 24.3 Å². The summed E-state index contributed by atoms with van der Waals surface area (Å²) in [6.07, 6.45) is -7.68. The fraction of sp³-hybridized carbons (Fsp3) is 0.286. The summed E-state index contributed by atoms with van der Waals surface area (Å²) in [6, 6.07) is 9.47. The Labute approximate surface area is 174 Å². The fourth-order valence-corrected chi connectivity index (χ4v) is 3.39. The van der Waals surface area contributed by atoms with Crippen LogP contribution < -0.4 is 10.2 Å². The van der Waals surface area contributed by atoms with Gasteiger partial charge in [0.2, 0.25) is 6.29 Å². The maximum Gasteiger partial charge on any atom is 0.229 e. The van der Waals surface area contributed by atoms with Crippen LogP contribution >= 0.6 is 0 Å². The third kappa shape index (κ3) is 3.94. The first-order valence-corrected chi connectivity index (χ1v) is 9.36. The highest BCUT2D eigenvalue weighted by Crippen LogP contribution is 2.34. The quantitative estimate of drug-likeness (QED) is 0.331. The number of fused-ring (bicyclic) bond motifs is 1. The van der Waals surface area contributed by atoms with E-state index in [-0.39, 0.29) is 34.0 Å². The Bertz CT molecular complexity index is 1140. The molecule has 2 aromatic carbocycles. The number of aromatic hydroxyl groups is 2. The molecule has 0 amide bonds. The smallest absolute Gasteiger partial charge is 0.229 e. The standard InChI is InChI=1S/C21H20O10/c22-8-16-18(26)19(27)20(28)21(31-16)30-15-6-11(24)5-14-17(15)12(25)7-13(29-14)9-1-3-10(23)4-2-9/h1-7,16,18-24,26-28H,8H2/t16-,18-,19-,20+,21+/m0/s1. The molecule has 1 aromatic heterocycles. The maximum atomic E-state index is 12.8. The Balaban J connectivity index is 1.75. The third-order valence-electron chi connectivity index (χ3n) is 5.02. The number of phenolic OH excluding ortho intramolecular Hbond substituents is 2. The molecule has 0 radical (unpaired) electrons. The van der Waals surface area contributed by atoms with E-state index in [0.717, 1.165) is 6.07 Å². The largest absolute Gasteiger partial charge is 0.508 e. The number of ether oxygens (including phenoxy) is 2. The van der Waals surface area contributed by atoms with Gasteiger partial charge in [0.1, 0.15) is 58.4 Å². The molecule has 10 heteroatoms. The monoisotopic (exact) mass is 432 g/mol. The van der Waals surface area contributed by atoms with Gasteiger partial charge in [-0.2, -0.15) is 0 Å². The van der Waals surface area contributed by atoms with Crippen LogP contribution in [0.2, 0.25) is 0 Å². The van der Waals surface area contributed by atoms with Crippen molar-refractivity contribution in [2.24, 2.45) is 0 Å². The Morgan fingerprint density at radius 3 is 2.29 bits per heavy atom. The molecule has 0 bridgehead atoms. The predicted molar refractivity (Wildman–Crippen MR) is 106 cm³/mol. The molecule has 0 unspecified atom stereocenters. The van der Waals surface area contributed by atoms with Crippen molar-refractivity contribution in [2.75, 3.05) is 6.61 Å². The summed E-state index contributed by atoms with van der Waals surface area (Å²) in [7, 11) is 0. The van der Waals surface area contributed by atoms with Crippen molar-refractivity contribution in [1.82, 2.24) is 0 Å². The minimum absolute atomic E-state index is 0.0184. The van der Waals surface area contributed by atoms with Gasteiger partial charge >= 0.3 is 0 Å². The molecule has 0 saturated carbocycles. The number of aliphatic hydroxyl groups excluding tert-OH is 4. The Hall–Kier alpha value is -3.15. The first-order valence-electron chi connectivity index (χ1n) is 9.36. The molecule has 0 spiro atoms. The number of aliphatic hydroxyl groups is 4. The van der Waals surface area contributed by atoms with Crippen LogP contribution in [0, 0.1) is 0 Å². The minimum Gasteiger partial charge on any atom is -0.508 e. The van der Waals surface area contributed by atoms with Crippen molar-refractivity contribution in [3.8, 4) is 28.6 Å². The van der Waals surface area contributed by atoms with Crippen molar-refractivity contribution in [3.05, 3.63) is 52.7 Å². The molecule has 0 aliphatic carbocycles. The number of phenols is 2. The van der Waals surface area contributed by atoms with E-state index < -0.39 is 42.7 Å². The highest BCUT2D eigenvalue weighted by atomic mass is 16.7. The molecule has 4 rings (SSSR count). The second kappa shape index (κ2) is 8.17. The summed E-state index contributed by atoms with van der Waals surface area (Å²) < 4.78 is 16.6. The normalized spacial score (nSPS) is 26.1. The van der Waals surface area contributed by atoms with Gasteiger partial charge in [0, 0.05) is 23.8 Å². The summed E-state index contributed by atoms with van der Waals surface area (Å²) in [5, 5.41) is 58.8. The van der Waals surface area contributed by atoms with E-state index in [9.17, 15) is 35.4 Å². The van der Waals surface area contributed by atoms with Crippen LogP contribution in [0.15, 0.2) is 51.7 Å². The van der Waals surface area contributed by atoms with Crippen LogP contribution in [0.1, 0.15) is 0 Å². The zero-order chi connectivity index (χ0) is 22.3. The second-order valence-corrected chi connectivity index (χ2v) is 7.15. The Morgan fingerprint density at radius 1 is 0.903 bits per heavy atom. The molecule has 1 aliphatic rings. The van der Waals surface area contributed by atoms with Crippen molar-refractivity contribution in [3.63, 3.8) is 0 Å². The van der Waals surface area contributed by atoms with Crippen LogP contribution in [0.3, 0.4) is 0 Å². The molecular weight excluding hydrogens is 412 g/mol. The molecule has 1 fully saturated rings. The van der Waals surface area contributed by atoms with E-state index in [1.807, 2.05) is 0 Å². The lowest BCUT2D eigenvalue weighted by atomic mass is 9.99. The van der Waals surface area contributed by atoms with Gasteiger partial charge in [-0.1, -0.05) is 0 Å². The van der Waals surface area contributed by atoms with Crippen molar-refractivity contribution in [1.29, 1.82) is 0 Å². The lowest BCUT2D eigenvalue weighted by Gasteiger charge is -2.39. The lowest BCUT2D eigenvalue weighted by Crippen LogP contribution is -2.60. The van der Waals surface area contributed by atoms with E-state index in [0.29, 0.717) is 5.56 Å². The lowest BCUT2D eigenvalue weighted by molar-refractivity contribution is -0.277. The van der Waals surface area contributed by atoms with Gasteiger partial charge in [0.15, 0.2) is 5.43 Å². The van der Waals surface area contributed by atoms with Crippen molar-refractivity contribution >= 4 is 11.0 Å². The second-order valence-electron chi connectivity index (χ2n) is 7.15. The average Bonchev–Trinajstić information content (AvgIpc) is 2.74.